The minimum atomic E-state index is -0.443. The van der Waals surface area contributed by atoms with E-state index >= 15 is 0 Å². The molecule has 0 saturated carbocycles. The van der Waals surface area contributed by atoms with E-state index in [-0.39, 0.29) is 5.76 Å². The smallest absolute Gasteiger partial charge is 0.223 e. The van der Waals surface area contributed by atoms with E-state index in [1.807, 2.05) is 42.5 Å². The highest BCUT2D eigenvalue weighted by Gasteiger charge is 2.16. The summed E-state index contributed by atoms with van der Waals surface area (Å²) in [6, 6.07) is 9.84. The molecule has 1 aliphatic rings. The van der Waals surface area contributed by atoms with Crippen molar-refractivity contribution < 1.29 is 14.6 Å². The molecule has 96 valence electrons. The molecule has 0 atom stereocenters. The van der Waals surface area contributed by atoms with Crippen LogP contribution < -0.4 is 0 Å². The van der Waals surface area contributed by atoms with E-state index in [2.05, 4.69) is 0 Å². The third kappa shape index (κ3) is 3.22. The maximum atomic E-state index is 11.3. The van der Waals surface area contributed by atoms with Crippen LogP contribution in [0.3, 0.4) is 0 Å². The monoisotopic (exact) mass is 254 g/mol. The lowest BCUT2D eigenvalue weighted by Gasteiger charge is -2.11. The third-order valence-corrected chi connectivity index (χ3v) is 2.68. The first-order valence-electron chi connectivity index (χ1n) is 5.85. The van der Waals surface area contributed by atoms with Crippen molar-refractivity contribution >= 4 is 11.9 Å². The fraction of sp³-hybridized carbons (Fsp3) is 0.0625. The number of methoxy groups -OCH3 is 1. The molecular formula is C16H14O3. The molecule has 2 rings (SSSR count). The number of allylic oxidation sites excluding steroid dienone is 4. The van der Waals surface area contributed by atoms with Crippen LogP contribution in [-0.2, 0) is 9.53 Å². The lowest BCUT2D eigenvalue weighted by Crippen LogP contribution is -2.07. The number of carbonyl (C=O) groups excluding carboxylic acids is 1. The molecule has 1 aromatic carbocycles. The Morgan fingerprint density at radius 2 is 1.89 bits per heavy atom. The lowest BCUT2D eigenvalue weighted by molar-refractivity contribution is -0.113. The van der Waals surface area contributed by atoms with E-state index in [4.69, 9.17) is 4.74 Å². The van der Waals surface area contributed by atoms with Crippen molar-refractivity contribution in [1.82, 2.24) is 0 Å². The normalized spacial score (nSPS) is 17.5. The quantitative estimate of drug-likeness (QED) is 0.901. The molecule has 0 bridgehead atoms. The molecule has 0 aromatic heterocycles. The number of aliphatic hydroxyl groups is 1. The Hall–Kier alpha value is -2.55. The average molecular weight is 254 g/mol. The Morgan fingerprint density at radius 1 is 1.16 bits per heavy atom. The first kappa shape index (κ1) is 12.9. The van der Waals surface area contributed by atoms with Crippen LogP contribution >= 0.6 is 0 Å². The summed E-state index contributed by atoms with van der Waals surface area (Å²) in [5.74, 6) is -0.276. The van der Waals surface area contributed by atoms with E-state index in [1.54, 1.807) is 6.08 Å². The molecular weight excluding hydrogens is 240 g/mol. The van der Waals surface area contributed by atoms with Gasteiger partial charge in [-0.2, -0.15) is 0 Å². The van der Waals surface area contributed by atoms with Crippen molar-refractivity contribution in [1.29, 1.82) is 0 Å². The molecule has 0 saturated heterocycles. The molecule has 0 fully saturated rings. The van der Waals surface area contributed by atoms with E-state index in [0.29, 0.717) is 11.3 Å². The largest absolute Gasteiger partial charge is 0.504 e. The average Bonchev–Trinajstić information content (AvgIpc) is 2.43. The number of benzene rings is 1. The summed E-state index contributed by atoms with van der Waals surface area (Å²) in [6.07, 6.45) is 8.23. The van der Waals surface area contributed by atoms with E-state index in [9.17, 15) is 9.90 Å². The molecule has 19 heavy (non-hydrogen) atoms. The van der Waals surface area contributed by atoms with Crippen LogP contribution in [0, 0.1) is 0 Å². The van der Waals surface area contributed by atoms with Gasteiger partial charge in [-0.15, -0.1) is 0 Å². The molecule has 0 radical (unpaired) electrons. The molecule has 0 unspecified atom stereocenters. The maximum Gasteiger partial charge on any atom is 0.223 e. The van der Waals surface area contributed by atoms with Crippen molar-refractivity contribution in [2.75, 3.05) is 7.11 Å². The number of aliphatic hydroxyl groups excluding tert-OH is 1. The van der Waals surface area contributed by atoms with E-state index < -0.39 is 5.78 Å². The molecule has 0 amide bonds. The second kappa shape index (κ2) is 5.87. The Morgan fingerprint density at radius 3 is 2.58 bits per heavy atom. The highest BCUT2D eigenvalue weighted by atomic mass is 16.5. The highest BCUT2D eigenvalue weighted by Crippen LogP contribution is 2.20. The van der Waals surface area contributed by atoms with Crippen LogP contribution in [0.5, 0.6) is 0 Å². The third-order valence-electron chi connectivity index (χ3n) is 2.68. The van der Waals surface area contributed by atoms with Gasteiger partial charge in [-0.25, -0.2) is 0 Å². The van der Waals surface area contributed by atoms with Gasteiger partial charge in [0.1, 0.15) is 5.76 Å². The number of hydrogen-bond acceptors (Lipinski definition) is 3. The Kier molecular flexibility index (Phi) is 3.98. The lowest BCUT2D eigenvalue weighted by atomic mass is 10.0. The van der Waals surface area contributed by atoms with Crippen molar-refractivity contribution in [2.45, 2.75) is 0 Å². The van der Waals surface area contributed by atoms with Gasteiger partial charge < -0.3 is 9.84 Å². The van der Waals surface area contributed by atoms with Gasteiger partial charge in [0.15, 0.2) is 5.76 Å². The standard InChI is InChI=1S/C16H14O3/c1-19-16-11-15(18)14(17)10-13(16)9-5-8-12-6-3-2-4-7-12/h2-11,17H,1H3/b8-5-,13-9-. The molecule has 0 aliphatic heterocycles. The van der Waals surface area contributed by atoms with Gasteiger partial charge in [-0.05, 0) is 11.6 Å². The van der Waals surface area contributed by atoms with Crippen molar-refractivity contribution in [3.63, 3.8) is 0 Å². The first-order chi connectivity index (χ1) is 9.20. The van der Waals surface area contributed by atoms with Crippen molar-refractivity contribution in [3.05, 3.63) is 77.3 Å². The second-order valence-electron chi connectivity index (χ2n) is 4.00. The fourth-order valence-corrected chi connectivity index (χ4v) is 1.70. The number of ketones is 1. The summed E-state index contributed by atoms with van der Waals surface area (Å²) in [6.45, 7) is 0. The van der Waals surface area contributed by atoms with Gasteiger partial charge in [0, 0.05) is 11.6 Å². The minimum absolute atomic E-state index is 0.278. The summed E-state index contributed by atoms with van der Waals surface area (Å²) < 4.78 is 5.11. The zero-order valence-corrected chi connectivity index (χ0v) is 10.5. The van der Waals surface area contributed by atoms with Gasteiger partial charge in [0.05, 0.1) is 7.11 Å². The Bertz CT molecular complexity index is 590. The summed E-state index contributed by atoms with van der Waals surface area (Å²) in [5, 5.41) is 9.42. The van der Waals surface area contributed by atoms with Crippen LogP contribution in [0.1, 0.15) is 5.56 Å². The number of ether oxygens (including phenoxy) is 1. The fourth-order valence-electron chi connectivity index (χ4n) is 1.70. The number of rotatable bonds is 3. The zero-order valence-electron chi connectivity index (χ0n) is 10.5. The zero-order chi connectivity index (χ0) is 13.7. The Labute approximate surface area is 111 Å². The van der Waals surface area contributed by atoms with Crippen LogP contribution in [0.25, 0.3) is 6.08 Å². The molecule has 3 nitrogen and oxygen atoms in total. The van der Waals surface area contributed by atoms with Crippen molar-refractivity contribution in [2.24, 2.45) is 0 Å². The van der Waals surface area contributed by atoms with Crippen LogP contribution in [-0.4, -0.2) is 18.0 Å². The molecule has 1 aliphatic carbocycles. The molecule has 1 aromatic rings. The Balaban J connectivity index is 2.21. The van der Waals surface area contributed by atoms with Gasteiger partial charge in [-0.3, -0.25) is 4.79 Å². The molecule has 0 heterocycles. The predicted octanol–water partition coefficient (Wildman–Crippen LogP) is 3.18. The summed E-state index contributed by atoms with van der Waals surface area (Å²) in [7, 11) is 1.49. The van der Waals surface area contributed by atoms with Crippen LogP contribution in [0.2, 0.25) is 0 Å². The second-order valence-corrected chi connectivity index (χ2v) is 4.00. The van der Waals surface area contributed by atoms with Crippen molar-refractivity contribution in [3.8, 4) is 0 Å². The topological polar surface area (TPSA) is 46.5 Å². The van der Waals surface area contributed by atoms with Crippen LogP contribution in [0.4, 0.5) is 0 Å². The molecule has 0 spiro atoms. The summed E-state index contributed by atoms with van der Waals surface area (Å²) in [5.41, 5.74) is 1.73. The highest BCUT2D eigenvalue weighted by molar-refractivity contribution is 6.04. The van der Waals surface area contributed by atoms with Gasteiger partial charge >= 0.3 is 0 Å². The van der Waals surface area contributed by atoms with E-state index in [1.165, 1.54) is 19.3 Å². The maximum absolute atomic E-state index is 11.3. The summed E-state index contributed by atoms with van der Waals surface area (Å²) >= 11 is 0. The first-order valence-corrected chi connectivity index (χ1v) is 5.85. The minimum Gasteiger partial charge on any atom is -0.504 e. The number of hydrogen-bond donors (Lipinski definition) is 1. The van der Waals surface area contributed by atoms with E-state index in [0.717, 1.165) is 5.56 Å². The van der Waals surface area contributed by atoms with Gasteiger partial charge in [0.2, 0.25) is 5.78 Å². The number of carbonyl (C=O) groups is 1. The van der Waals surface area contributed by atoms with Crippen LogP contribution in [0.15, 0.2) is 71.7 Å². The SMILES string of the molecule is COC1=CC(=O)C(O)=C/C1=C/C=C\c1ccccc1. The van der Waals surface area contributed by atoms with Gasteiger partial charge in [0.25, 0.3) is 0 Å². The molecule has 3 heteroatoms. The molecule has 1 N–H and O–H groups in total. The van der Waals surface area contributed by atoms with Gasteiger partial charge in [-0.1, -0.05) is 48.6 Å². The predicted molar refractivity (Wildman–Crippen MR) is 74.4 cm³/mol. The summed E-state index contributed by atoms with van der Waals surface area (Å²) in [4.78, 5) is 11.3.